The van der Waals surface area contributed by atoms with Gasteiger partial charge >= 0.3 is 0 Å². The molecule has 0 aromatic heterocycles. The van der Waals surface area contributed by atoms with E-state index in [1.807, 2.05) is 36.9 Å². The first kappa shape index (κ1) is 19.3. The highest BCUT2D eigenvalue weighted by atomic mass is 16.5. The highest BCUT2D eigenvalue weighted by Crippen LogP contribution is 2.46. The molecule has 1 aromatic carbocycles. The van der Waals surface area contributed by atoms with Crippen LogP contribution < -0.4 is 10.1 Å². The number of likely N-dealkylation sites (tertiary alicyclic amines) is 1. The lowest BCUT2D eigenvalue weighted by atomic mass is 9.75. The molecule has 1 unspecified atom stereocenters. The second kappa shape index (κ2) is 7.76. The molecule has 1 aliphatic carbocycles. The van der Waals surface area contributed by atoms with Gasteiger partial charge in [0.1, 0.15) is 11.4 Å². The Morgan fingerprint density at radius 1 is 1.21 bits per heavy atom. The van der Waals surface area contributed by atoms with Gasteiger partial charge in [-0.2, -0.15) is 0 Å². The summed E-state index contributed by atoms with van der Waals surface area (Å²) < 4.78 is 6.51. The summed E-state index contributed by atoms with van der Waals surface area (Å²) in [6.07, 6.45) is 6.33. The number of hydrogen-bond acceptors (Lipinski definition) is 3. The number of fused-ring (bicyclic) bond motifs is 1. The van der Waals surface area contributed by atoms with E-state index in [-0.39, 0.29) is 29.4 Å². The minimum atomic E-state index is -0.256. The van der Waals surface area contributed by atoms with Crippen LogP contribution in [-0.4, -0.2) is 41.4 Å². The average Bonchev–Trinajstić information content (AvgIpc) is 2.60. The molecule has 1 spiro atoms. The summed E-state index contributed by atoms with van der Waals surface area (Å²) >= 11 is 0. The van der Waals surface area contributed by atoms with Gasteiger partial charge in [-0.3, -0.25) is 9.59 Å². The predicted molar refractivity (Wildman–Crippen MR) is 108 cm³/mol. The topological polar surface area (TPSA) is 58.6 Å². The van der Waals surface area contributed by atoms with Gasteiger partial charge < -0.3 is 15.0 Å². The van der Waals surface area contributed by atoms with Gasteiger partial charge in [0.15, 0.2) is 0 Å². The number of benzene rings is 1. The van der Waals surface area contributed by atoms with Crippen LogP contribution in [0.4, 0.5) is 0 Å². The van der Waals surface area contributed by atoms with Gasteiger partial charge in [0.25, 0.3) is 0 Å². The van der Waals surface area contributed by atoms with E-state index in [1.165, 1.54) is 6.42 Å². The minimum absolute atomic E-state index is 0.101. The molecule has 2 amide bonds. The zero-order chi connectivity index (χ0) is 19.7. The van der Waals surface area contributed by atoms with Crippen LogP contribution in [0.2, 0.25) is 0 Å². The molecule has 1 saturated heterocycles. The summed E-state index contributed by atoms with van der Waals surface area (Å²) in [7, 11) is 0. The Morgan fingerprint density at radius 2 is 1.93 bits per heavy atom. The first-order valence-electron chi connectivity index (χ1n) is 10.8. The van der Waals surface area contributed by atoms with Crippen LogP contribution in [0.15, 0.2) is 24.3 Å². The van der Waals surface area contributed by atoms with Gasteiger partial charge in [-0.05, 0) is 44.7 Å². The Bertz CT molecular complexity index is 733. The molecule has 5 heteroatoms. The van der Waals surface area contributed by atoms with Crippen molar-refractivity contribution in [1.29, 1.82) is 0 Å². The van der Waals surface area contributed by atoms with E-state index in [4.69, 9.17) is 4.74 Å². The van der Waals surface area contributed by atoms with Gasteiger partial charge in [0.2, 0.25) is 11.8 Å². The van der Waals surface area contributed by atoms with E-state index in [1.54, 1.807) is 0 Å². The summed E-state index contributed by atoms with van der Waals surface area (Å²) in [6.45, 7) is 5.52. The van der Waals surface area contributed by atoms with E-state index >= 15 is 0 Å². The maximum Gasteiger partial charge on any atom is 0.225 e. The van der Waals surface area contributed by atoms with Crippen molar-refractivity contribution in [3.63, 3.8) is 0 Å². The van der Waals surface area contributed by atoms with E-state index in [0.717, 1.165) is 56.5 Å². The Morgan fingerprint density at radius 3 is 2.57 bits per heavy atom. The van der Waals surface area contributed by atoms with Crippen LogP contribution in [0, 0.1) is 5.92 Å². The maximum absolute atomic E-state index is 12.6. The van der Waals surface area contributed by atoms with Gasteiger partial charge in [-0.25, -0.2) is 0 Å². The third kappa shape index (κ3) is 3.89. The number of carbonyl (C=O) groups excluding carboxylic acids is 2. The maximum atomic E-state index is 12.6. The first-order chi connectivity index (χ1) is 13.5. The zero-order valence-electron chi connectivity index (χ0n) is 17.1. The van der Waals surface area contributed by atoms with E-state index in [0.29, 0.717) is 12.3 Å². The fraction of sp³-hybridized carbons (Fsp3) is 0.652. The SMILES string of the molecule is CC(C)NC(=O)CC1CC2(CCN(C(=O)C3CCC3)CC2)Oc2ccccc21. The smallest absolute Gasteiger partial charge is 0.225 e. The van der Waals surface area contributed by atoms with E-state index in [2.05, 4.69) is 11.4 Å². The summed E-state index contributed by atoms with van der Waals surface area (Å²) in [4.78, 5) is 27.1. The van der Waals surface area contributed by atoms with Crippen LogP contribution in [0.25, 0.3) is 0 Å². The number of para-hydroxylation sites is 1. The second-order valence-corrected chi connectivity index (χ2v) is 9.10. The minimum Gasteiger partial charge on any atom is -0.487 e. The fourth-order valence-corrected chi connectivity index (χ4v) is 4.89. The monoisotopic (exact) mass is 384 g/mol. The van der Waals surface area contributed by atoms with Crippen molar-refractivity contribution in [2.24, 2.45) is 5.92 Å². The molecule has 0 radical (unpaired) electrons. The molecule has 1 atom stereocenters. The fourth-order valence-electron chi connectivity index (χ4n) is 4.89. The number of ether oxygens (including phenoxy) is 1. The summed E-state index contributed by atoms with van der Waals surface area (Å²) in [5.74, 6) is 1.77. The Balaban J connectivity index is 1.47. The molecule has 2 fully saturated rings. The number of nitrogens with zero attached hydrogens (tertiary/aromatic N) is 1. The molecule has 0 bridgehead atoms. The third-order valence-electron chi connectivity index (χ3n) is 6.63. The van der Waals surface area contributed by atoms with Crippen molar-refractivity contribution in [1.82, 2.24) is 10.2 Å². The van der Waals surface area contributed by atoms with Crippen LogP contribution in [-0.2, 0) is 9.59 Å². The quantitative estimate of drug-likeness (QED) is 0.862. The van der Waals surface area contributed by atoms with Gasteiger partial charge in [0, 0.05) is 50.2 Å². The average molecular weight is 385 g/mol. The first-order valence-corrected chi connectivity index (χ1v) is 10.8. The number of amides is 2. The number of hydrogen-bond donors (Lipinski definition) is 1. The number of rotatable bonds is 4. The van der Waals surface area contributed by atoms with Gasteiger partial charge in [-0.1, -0.05) is 24.6 Å². The Hall–Kier alpha value is -2.04. The molecular weight excluding hydrogens is 352 g/mol. The predicted octanol–water partition coefficient (Wildman–Crippen LogP) is 3.63. The lowest BCUT2D eigenvalue weighted by molar-refractivity contribution is -0.142. The molecule has 4 rings (SSSR count). The lowest BCUT2D eigenvalue weighted by Gasteiger charge is -2.47. The molecule has 1 saturated carbocycles. The van der Waals surface area contributed by atoms with Crippen molar-refractivity contribution < 1.29 is 14.3 Å². The Kier molecular flexibility index (Phi) is 5.35. The third-order valence-corrected chi connectivity index (χ3v) is 6.63. The molecule has 1 N–H and O–H groups in total. The van der Waals surface area contributed by atoms with Gasteiger partial charge in [-0.15, -0.1) is 0 Å². The molecule has 1 aromatic rings. The normalized spacial score (nSPS) is 23.7. The molecule has 3 aliphatic rings. The van der Waals surface area contributed by atoms with Crippen LogP contribution in [0.3, 0.4) is 0 Å². The summed E-state index contributed by atoms with van der Waals surface area (Å²) in [5, 5.41) is 3.03. The van der Waals surface area contributed by atoms with Crippen molar-refractivity contribution in [2.45, 2.75) is 76.4 Å². The standard InChI is InChI=1S/C23H32N2O3/c1-16(2)24-21(26)14-18-15-23(28-20-9-4-3-8-19(18)20)10-12-25(13-11-23)22(27)17-6-5-7-17/h3-4,8-9,16-18H,5-7,10-15H2,1-2H3,(H,24,26). The summed E-state index contributed by atoms with van der Waals surface area (Å²) in [5.41, 5.74) is 0.882. The van der Waals surface area contributed by atoms with Crippen LogP contribution in [0.5, 0.6) is 5.75 Å². The van der Waals surface area contributed by atoms with Crippen LogP contribution in [0.1, 0.15) is 70.3 Å². The van der Waals surface area contributed by atoms with Crippen molar-refractivity contribution in [3.05, 3.63) is 29.8 Å². The Labute approximate surface area is 167 Å². The van der Waals surface area contributed by atoms with Crippen LogP contribution >= 0.6 is 0 Å². The molecule has 28 heavy (non-hydrogen) atoms. The summed E-state index contributed by atoms with van der Waals surface area (Å²) in [6, 6.07) is 8.28. The molecule has 2 aliphatic heterocycles. The van der Waals surface area contributed by atoms with E-state index in [9.17, 15) is 9.59 Å². The lowest BCUT2D eigenvalue weighted by Crippen LogP contribution is -2.53. The van der Waals surface area contributed by atoms with Gasteiger partial charge in [0.05, 0.1) is 0 Å². The van der Waals surface area contributed by atoms with Crippen molar-refractivity contribution in [2.75, 3.05) is 13.1 Å². The highest BCUT2D eigenvalue weighted by molar-refractivity contribution is 5.79. The number of piperidine rings is 1. The molecule has 2 heterocycles. The molecule has 152 valence electrons. The number of carbonyl (C=O) groups is 2. The highest BCUT2D eigenvalue weighted by Gasteiger charge is 2.45. The van der Waals surface area contributed by atoms with Crippen molar-refractivity contribution >= 4 is 11.8 Å². The molecule has 5 nitrogen and oxygen atoms in total. The van der Waals surface area contributed by atoms with E-state index < -0.39 is 0 Å². The molecular formula is C23H32N2O3. The second-order valence-electron chi connectivity index (χ2n) is 9.10. The van der Waals surface area contributed by atoms with Crippen molar-refractivity contribution in [3.8, 4) is 5.75 Å². The largest absolute Gasteiger partial charge is 0.487 e. The zero-order valence-corrected chi connectivity index (χ0v) is 17.1. The number of nitrogens with one attached hydrogen (secondary N) is 1.